The van der Waals surface area contributed by atoms with Crippen molar-refractivity contribution in [1.82, 2.24) is 0 Å². The molecule has 96 valence electrons. The van der Waals surface area contributed by atoms with Gasteiger partial charge < -0.3 is 0 Å². The van der Waals surface area contributed by atoms with Gasteiger partial charge in [-0.15, -0.1) is 0 Å². The molecule has 3 heteroatoms. The van der Waals surface area contributed by atoms with Gasteiger partial charge in [-0.2, -0.15) is 0 Å². The summed E-state index contributed by atoms with van der Waals surface area (Å²) in [5.74, 6) is -1.17. The third-order valence-corrected chi connectivity index (χ3v) is 3.62. The molecule has 0 radical (unpaired) electrons. The fourth-order valence-electron chi connectivity index (χ4n) is 2.66. The van der Waals surface area contributed by atoms with Crippen molar-refractivity contribution < 1.29 is 13.6 Å². The molecule has 1 unspecified atom stereocenters. The van der Waals surface area contributed by atoms with Gasteiger partial charge in [0.05, 0.1) is 0 Å². The second-order valence-electron chi connectivity index (χ2n) is 4.93. The quantitative estimate of drug-likeness (QED) is 0.755. The van der Waals surface area contributed by atoms with Crippen LogP contribution < -0.4 is 0 Å². The van der Waals surface area contributed by atoms with Crippen LogP contribution in [0, 0.1) is 17.6 Å². The number of benzene rings is 2. The molecule has 0 amide bonds. The molecule has 1 aliphatic rings. The summed E-state index contributed by atoms with van der Waals surface area (Å²) in [7, 11) is 0. The van der Waals surface area contributed by atoms with Crippen LogP contribution in [0.25, 0.3) is 11.1 Å². The molecule has 0 fully saturated rings. The van der Waals surface area contributed by atoms with Crippen LogP contribution in [0.2, 0.25) is 0 Å². The summed E-state index contributed by atoms with van der Waals surface area (Å²) < 4.78 is 26.8. The minimum atomic E-state index is -0.599. The van der Waals surface area contributed by atoms with Crippen molar-refractivity contribution >= 4 is 5.78 Å². The van der Waals surface area contributed by atoms with Gasteiger partial charge in [-0.05, 0) is 29.7 Å². The van der Waals surface area contributed by atoms with Gasteiger partial charge in [-0.3, -0.25) is 4.79 Å². The maximum Gasteiger partial charge on any atom is 0.166 e. The van der Waals surface area contributed by atoms with Gasteiger partial charge >= 0.3 is 0 Å². The number of carbonyl (C=O) groups is 1. The van der Waals surface area contributed by atoms with Gasteiger partial charge in [0.2, 0.25) is 0 Å². The Hall–Kier alpha value is -2.03. The average molecular weight is 258 g/mol. The number of rotatable bonds is 1. The molecular formula is C16H12F2O. The standard InChI is InChI=1S/C16H12F2O/c1-9-7-14-11(3-2-4-13(14)16(9)19)12-6-5-10(17)8-15(12)18/h2-6,8-9H,7H2,1H3. The summed E-state index contributed by atoms with van der Waals surface area (Å²) in [4.78, 5) is 12.0. The monoisotopic (exact) mass is 258 g/mol. The molecule has 0 saturated carbocycles. The molecule has 0 N–H and O–H groups in total. The SMILES string of the molecule is CC1Cc2c(cccc2-c2ccc(F)cc2F)C1=O. The highest BCUT2D eigenvalue weighted by atomic mass is 19.1. The summed E-state index contributed by atoms with van der Waals surface area (Å²) in [5.41, 5.74) is 2.56. The molecule has 1 aliphatic carbocycles. The smallest absolute Gasteiger partial charge is 0.166 e. The first-order chi connectivity index (χ1) is 9.08. The number of halogens is 2. The first-order valence-corrected chi connectivity index (χ1v) is 6.19. The second-order valence-corrected chi connectivity index (χ2v) is 4.93. The first kappa shape index (κ1) is 12.0. The summed E-state index contributed by atoms with van der Waals surface area (Å²) >= 11 is 0. The van der Waals surface area contributed by atoms with E-state index >= 15 is 0 Å². The molecule has 2 aromatic rings. The maximum atomic E-state index is 13.9. The van der Waals surface area contributed by atoms with Crippen LogP contribution in [0.15, 0.2) is 36.4 Å². The predicted octanol–water partition coefficient (Wildman–Crippen LogP) is 4.01. The summed E-state index contributed by atoms with van der Waals surface area (Å²) in [5, 5.41) is 0. The van der Waals surface area contributed by atoms with Crippen molar-refractivity contribution in [3.05, 3.63) is 59.2 Å². The number of Topliss-reactive ketones (excluding diaryl/α,β-unsaturated/α-hetero) is 1. The number of ketones is 1. The second kappa shape index (κ2) is 4.26. The van der Waals surface area contributed by atoms with Crippen molar-refractivity contribution in [2.24, 2.45) is 5.92 Å². The highest BCUT2D eigenvalue weighted by Gasteiger charge is 2.29. The molecule has 0 aliphatic heterocycles. The molecule has 19 heavy (non-hydrogen) atoms. The zero-order valence-electron chi connectivity index (χ0n) is 10.4. The Balaban J connectivity index is 2.20. The van der Waals surface area contributed by atoms with Crippen molar-refractivity contribution in [2.45, 2.75) is 13.3 Å². The molecule has 0 bridgehead atoms. The minimum absolute atomic E-state index is 0.0698. The van der Waals surface area contributed by atoms with Gasteiger partial charge in [-0.25, -0.2) is 8.78 Å². The third-order valence-electron chi connectivity index (χ3n) is 3.62. The van der Waals surface area contributed by atoms with E-state index in [-0.39, 0.29) is 11.7 Å². The molecule has 0 aromatic heterocycles. The van der Waals surface area contributed by atoms with Gasteiger partial charge in [0.15, 0.2) is 5.78 Å². The molecule has 1 atom stereocenters. The van der Waals surface area contributed by atoms with Crippen molar-refractivity contribution in [1.29, 1.82) is 0 Å². The van der Waals surface area contributed by atoms with Crippen LogP contribution >= 0.6 is 0 Å². The van der Waals surface area contributed by atoms with Crippen LogP contribution in [0.4, 0.5) is 8.78 Å². The van der Waals surface area contributed by atoms with E-state index in [2.05, 4.69) is 0 Å². The maximum absolute atomic E-state index is 13.9. The molecule has 0 spiro atoms. The molecular weight excluding hydrogens is 246 g/mol. The predicted molar refractivity (Wildman–Crippen MR) is 69.0 cm³/mol. The van der Waals surface area contributed by atoms with Crippen LogP contribution in [-0.4, -0.2) is 5.78 Å². The van der Waals surface area contributed by atoms with Crippen LogP contribution in [0.1, 0.15) is 22.8 Å². The average Bonchev–Trinajstić information content (AvgIpc) is 2.66. The molecule has 1 nitrogen and oxygen atoms in total. The van der Waals surface area contributed by atoms with E-state index in [1.54, 1.807) is 18.2 Å². The lowest BCUT2D eigenvalue weighted by Crippen LogP contribution is -2.02. The fraction of sp³-hybridized carbons (Fsp3) is 0.188. The number of fused-ring (bicyclic) bond motifs is 1. The Kier molecular flexibility index (Phi) is 2.70. The molecule has 2 aromatic carbocycles. The van der Waals surface area contributed by atoms with E-state index < -0.39 is 11.6 Å². The molecule has 0 saturated heterocycles. The Morgan fingerprint density at radius 2 is 1.79 bits per heavy atom. The highest BCUT2D eigenvalue weighted by Crippen LogP contribution is 2.35. The normalized spacial score (nSPS) is 17.6. The molecule has 3 rings (SSSR count). The third kappa shape index (κ3) is 1.86. The Morgan fingerprint density at radius 3 is 2.53 bits per heavy atom. The minimum Gasteiger partial charge on any atom is -0.294 e. The Bertz CT molecular complexity index is 676. The lowest BCUT2D eigenvalue weighted by molar-refractivity contribution is 0.0946. The highest BCUT2D eigenvalue weighted by molar-refractivity contribution is 6.03. The number of carbonyl (C=O) groups excluding carboxylic acids is 1. The van der Waals surface area contributed by atoms with Crippen LogP contribution in [0.5, 0.6) is 0 Å². The zero-order chi connectivity index (χ0) is 13.6. The Morgan fingerprint density at radius 1 is 1.05 bits per heavy atom. The van der Waals surface area contributed by atoms with E-state index in [1.165, 1.54) is 12.1 Å². The van der Waals surface area contributed by atoms with Crippen molar-refractivity contribution in [2.75, 3.05) is 0 Å². The van der Waals surface area contributed by atoms with Crippen LogP contribution in [0.3, 0.4) is 0 Å². The summed E-state index contributed by atoms with van der Waals surface area (Å²) in [6.07, 6.45) is 0.612. The summed E-state index contributed by atoms with van der Waals surface area (Å²) in [6.45, 7) is 1.87. The van der Waals surface area contributed by atoms with Gasteiger partial charge in [0.1, 0.15) is 11.6 Å². The van der Waals surface area contributed by atoms with E-state index in [0.717, 1.165) is 11.6 Å². The topological polar surface area (TPSA) is 17.1 Å². The van der Waals surface area contributed by atoms with E-state index in [9.17, 15) is 13.6 Å². The van der Waals surface area contributed by atoms with E-state index in [1.807, 2.05) is 6.92 Å². The van der Waals surface area contributed by atoms with Crippen LogP contribution in [-0.2, 0) is 6.42 Å². The number of hydrogen-bond donors (Lipinski definition) is 0. The first-order valence-electron chi connectivity index (χ1n) is 6.19. The largest absolute Gasteiger partial charge is 0.294 e. The lowest BCUT2D eigenvalue weighted by Gasteiger charge is -2.09. The van der Waals surface area contributed by atoms with Gasteiger partial charge in [-0.1, -0.05) is 25.1 Å². The summed E-state index contributed by atoms with van der Waals surface area (Å²) in [6, 6.07) is 8.82. The van der Waals surface area contributed by atoms with Crippen molar-refractivity contribution in [3.63, 3.8) is 0 Å². The van der Waals surface area contributed by atoms with Gasteiger partial charge in [0, 0.05) is 23.1 Å². The number of hydrogen-bond acceptors (Lipinski definition) is 1. The molecule has 0 heterocycles. The lowest BCUT2D eigenvalue weighted by atomic mass is 9.96. The van der Waals surface area contributed by atoms with E-state index in [0.29, 0.717) is 23.1 Å². The van der Waals surface area contributed by atoms with Gasteiger partial charge in [0.25, 0.3) is 0 Å². The Labute approximate surface area is 109 Å². The zero-order valence-corrected chi connectivity index (χ0v) is 10.4. The fourth-order valence-corrected chi connectivity index (χ4v) is 2.66. The van der Waals surface area contributed by atoms with E-state index in [4.69, 9.17) is 0 Å². The van der Waals surface area contributed by atoms with Crippen molar-refractivity contribution in [3.8, 4) is 11.1 Å².